The molecule has 0 spiro atoms. The summed E-state index contributed by atoms with van der Waals surface area (Å²) >= 11 is 0. The molecule has 1 aliphatic carbocycles. The van der Waals surface area contributed by atoms with Crippen molar-refractivity contribution in [3.63, 3.8) is 0 Å². The molecule has 30 heavy (non-hydrogen) atoms. The third kappa shape index (κ3) is 4.38. The topological polar surface area (TPSA) is 34.1 Å². The van der Waals surface area contributed by atoms with Crippen LogP contribution in [0.5, 0.6) is 0 Å². The maximum Gasteiger partial charge on any atom is 0.163 e. The highest BCUT2D eigenvalue weighted by Gasteiger charge is 2.41. The van der Waals surface area contributed by atoms with E-state index in [0.717, 1.165) is 18.4 Å². The summed E-state index contributed by atoms with van der Waals surface area (Å²) in [6.45, 7) is 0. The van der Waals surface area contributed by atoms with Crippen LogP contribution in [-0.2, 0) is 4.79 Å². The second-order valence-corrected chi connectivity index (χ2v) is 7.83. The lowest BCUT2D eigenvalue weighted by Gasteiger charge is -2.27. The van der Waals surface area contributed by atoms with Gasteiger partial charge in [0.1, 0.15) is 17.4 Å². The molecule has 0 unspecified atom stereocenters. The molecule has 0 aromatic heterocycles. The molecular weight excluding hydrogens is 382 g/mol. The smallest absolute Gasteiger partial charge is 0.163 e. The van der Waals surface area contributed by atoms with Crippen LogP contribution in [0.4, 0.5) is 8.78 Å². The van der Waals surface area contributed by atoms with Crippen LogP contribution < -0.4 is 0 Å². The third-order valence-corrected chi connectivity index (χ3v) is 5.73. The zero-order chi connectivity index (χ0) is 21.1. The van der Waals surface area contributed by atoms with Gasteiger partial charge in [0.25, 0.3) is 0 Å². The van der Waals surface area contributed by atoms with Gasteiger partial charge in [-0.1, -0.05) is 48.5 Å². The number of hydrogen-bond donors (Lipinski definition) is 0. The van der Waals surface area contributed by atoms with E-state index in [-0.39, 0.29) is 23.9 Å². The summed E-state index contributed by atoms with van der Waals surface area (Å²) in [7, 11) is 0. The van der Waals surface area contributed by atoms with Gasteiger partial charge in [-0.3, -0.25) is 9.59 Å². The van der Waals surface area contributed by atoms with Crippen LogP contribution in [0.3, 0.4) is 0 Å². The Balaban J connectivity index is 1.76. The van der Waals surface area contributed by atoms with Crippen molar-refractivity contribution in [2.24, 2.45) is 5.92 Å². The van der Waals surface area contributed by atoms with Crippen LogP contribution in [0.2, 0.25) is 0 Å². The number of rotatable bonds is 8. The molecule has 3 aromatic rings. The maximum absolute atomic E-state index is 14.8. The van der Waals surface area contributed by atoms with E-state index in [1.807, 2.05) is 30.3 Å². The lowest BCUT2D eigenvalue weighted by Crippen LogP contribution is -2.25. The average Bonchev–Trinajstić information content (AvgIpc) is 3.61. The van der Waals surface area contributed by atoms with Gasteiger partial charge in [0.05, 0.1) is 5.92 Å². The Kier molecular flexibility index (Phi) is 5.84. The van der Waals surface area contributed by atoms with Crippen LogP contribution in [0.25, 0.3) is 0 Å². The van der Waals surface area contributed by atoms with Crippen molar-refractivity contribution >= 4 is 11.6 Å². The molecule has 4 heteroatoms. The first kappa shape index (κ1) is 20.1. The summed E-state index contributed by atoms with van der Waals surface area (Å²) in [5.41, 5.74) is 1.52. The Bertz CT molecular complexity index is 1040. The number of halogens is 2. The molecular formula is C26H22F2O2. The van der Waals surface area contributed by atoms with Gasteiger partial charge in [0.2, 0.25) is 0 Å². The number of hydrogen-bond acceptors (Lipinski definition) is 2. The highest BCUT2D eigenvalue weighted by molar-refractivity contribution is 5.98. The van der Waals surface area contributed by atoms with Crippen molar-refractivity contribution in [1.29, 1.82) is 0 Å². The van der Waals surface area contributed by atoms with Crippen molar-refractivity contribution in [3.05, 3.63) is 107 Å². The first-order chi connectivity index (χ1) is 14.5. The quantitative estimate of drug-likeness (QED) is 0.426. The molecule has 0 heterocycles. The second-order valence-electron chi connectivity index (χ2n) is 7.83. The standard InChI is InChI=1S/C26H22F2O2/c27-20-14-12-18(13-15-20)24(29)16-22(17-6-2-1-3-7-17)25(26(30)19-10-11-19)21-8-4-5-9-23(21)28/h1-9,12-15,19,22,25H,10-11,16H2/t22-,25+/m0/s1. The maximum atomic E-state index is 14.8. The van der Waals surface area contributed by atoms with Gasteiger partial charge in [-0.2, -0.15) is 0 Å². The van der Waals surface area contributed by atoms with E-state index in [1.165, 1.54) is 30.3 Å². The number of carbonyl (C=O) groups is 2. The number of ketones is 2. The first-order valence-corrected chi connectivity index (χ1v) is 10.2. The summed E-state index contributed by atoms with van der Waals surface area (Å²) in [6.07, 6.45) is 1.64. The molecule has 152 valence electrons. The fraction of sp³-hybridized carbons (Fsp3) is 0.231. The van der Waals surface area contributed by atoms with E-state index in [0.29, 0.717) is 11.1 Å². The van der Waals surface area contributed by atoms with Crippen molar-refractivity contribution in [1.82, 2.24) is 0 Å². The van der Waals surface area contributed by atoms with Crippen LogP contribution in [-0.4, -0.2) is 11.6 Å². The minimum atomic E-state index is -0.745. The molecule has 0 aliphatic heterocycles. The molecule has 4 rings (SSSR count). The molecule has 0 radical (unpaired) electrons. The predicted octanol–water partition coefficient (Wildman–Crippen LogP) is 6.08. The zero-order valence-corrected chi connectivity index (χ0v) is 16.4. The molecule has 0 saturated heterocycles. The van der Waals surface area contributed by atoms with Crippen LogP contribution >= 0.6 is 0 Å². The molecule has 0 N–H and O–H groups in total. The van der Waals surface area contributed by atoms with Crippen LogP contribution in [0.1, 0.15) is 52.6 Å². The van der Waals surface area contributed by atoms with Gasteiger partial charge in [0.15, 0.2) is 5.78 Å². The van der Waals surface area contributed by atoms with Gasteiger partial charge in [-0.05, 0) is 54.3 Å². The summed E-state index contributed by atoms with van der Waals surface area (Å²) in [4.78, 5) is 26.3. The van der Waals surface area contributed by atoms with Crippen molar-refractivity contribution in [3.8, 4) is 0 Å². The van der Waals surface area contributed by atoms with Crippen molar-refractivity contribution in [2.75, 3.05) is 0 Å². The van der Waals surface area contributed by atoms with E-state index >= 15 is 0 Å². The van der Waals surface area contributed by atoms with Gasteiger partial charge < -0.3 is 0 Å². The normalized spacial score (nSPS) is 15.4. The average molecular weight is 404 g/mol. The Hall–Kier alpha value is -3.14. The van der Waals surface area contributed by atoms with Crippen molar-refractivity contribution in [2.45, 2.75) is 31.1 Å². The number of Topliss-reactive ketones (excluding diaryl/α,β-unsaturated/α-hetero) is 2. The van der Waals surface area contributed by atoms with Crippen LogP contribution in [0, 0.1) is 17.6 Å². The van der Waals surface area contributed by atoms with E-state index in [9.17, 15) is 18.4 Å². The highest BCUT2D eigenvalue weighted by atomic mass is 19.1. The van der Waals surface area contributed by atoms with Gasteiger partial charge in [0, 0.05) is 23.8 Å². The summed E-state index contributed by atoms with van der Waals surface area (Å²) in [5.74, 6) is -2.40. The van der Waals surface area contributed by atoms with E-state index < -0.39 is 23.5 Å². The van der Waals surface area contributed by atoms with Gasteiger partial charge >= 0.3 is 0 Å². The molecule has 1 saturated carbocycles. The van der Waals surface area contributed by atoms with E-state index in [1.54, 1.807) is 18.2 Å². The fourth-order valence-electron chi connectivity index (χ4n) is 4.00. The Morgan fingerprint density at radius 2 is 1.47 bits per heavy atom. The molecule has 3 aromatic carbocycles. The monoisotopic (exact) mass is 404 g/mol. The Morgan fingerprint density at radius 1 is 0.833 bits per heavy atom. The molecule has 2 atom stereocenters. The molecule has 0 amide bonds. The number of carbonyl (C=O) groups excluding carboxylic acids is 2. The Morgan fingerprint density at radius 3 is 2.10 bits per heavy atom. The van der Waals surface area contributed by atoms with Gasteiger partial charge in [-0.15, -0.1) is 0 Å². The lowest BCUT2D eigenvalue weighted by molar-refractivity contribution is -0.122. The fourth-order valence-corrected chi connectivity index (χ4v) is 4.00. The van der Waals surface area contributed by atoms with Gasteiger partial charge in [-0.25, -0.2) is 8.78 Å². The Labute approximate surface area is 174 Å². The molecule has 0 bridgehead atoms. The van der Waals surface area contributed by atoms with Crippen LogP contribution in [0.15, 0.2) is 78.9 Å². The largest absolute Gasteiger partial charge is 0.299 e. The summed E-state index contributed by atoms with van der Waals surface area (Å²) in [6, 6.07) is 21.0. The second kappa shape index (κ2) is 8.70. The number of benzene rings is 3. The minimum Gasteiger partial charge on any atom is -0.299 e. The minimum absolute atomic E-state index is 0.0131. The SMILES string of the molecule is O=C(C[C@@H](c1ccccc1)[C@H](C(=O)C1CC1)c1ccccc1F)c1ccc(F)cc1. The summed E-state index contributed by atoms with van der Waals surface area (Å²) < 4.78 is 28.1. The summed E-state index contributed by atoms with van der Waals surface area (Å²) in [5, 5.41) is 0. The zero-order valence-electron chi connectivity index (χ0n) is 16.4. The predicted molar refractivity (Wildman–Crippen MR) is 111 cm³/mol. The van der Waals surface area contributed by atoms with E-state index in [2.05, 4.69) is 0 Å². The third-order valence-electron chi connectivity index (χ3n) is 5.73. The van der Waals surface area contributed by atoms with Crippen molar-refractivity contribution < 1.29 is 18.4 Å². The lowest BCUT2D eigenvalue weighted by atomic mass is 9.74. The molecule has 2 nitrogen and oxygen atoms in total. The van der Waals surface area contributed by atoms with E-state index in [4.69, 9.17) is 0 Å². The molecule has 1 aliphatic rings. The first-order valence-electron chi connectivity index (χ1n) is 10.2. The highest BCUT2D eigenvalue weighted by Crippen LogP contribution is 2.44. The molecule has 1 fully saturated rings.